The van der Waals surface area contributed by atoms with E-state index in [1.54, 1.807) is 13.0 Å². The number of halogens is 3. The molecule has 3 nitrogen and oxygen atoms in total. The first-order valence-corrected chi connectivity index (χ1v) is 5.43. The van der Waals surface area contributed by atoms with Gasteiger partial charge < -0.3 is 5.11 Å². The molecule has 1 heterocycles. The fourth-order valence-electron chi connectivity index (χ4n) is 2.06. The molecule has 19 heavy (non-hydrogen) atoms. The second kappa shape index (κ2) is 4.22. The van der Waals surface area contributed by atoms with Gasteiger partial charge in [0.2, 0.25) is 0 Å². The van der Waals surface area contributed by atoms with Crippen molar-refractivity contribution in [3.8, 4) is 0 Å². The molecule has 0 saturated heterocycles. The molecule has 0 aliphatic heterocycles. The summed E-state index contributed by atoms with van der Waals surface area (Å²) in [6, 6.07) is 3.19. The van der Waals surface area contributed by atoms with Crippen molar-refractivity contribution in [3.63, 3.8) is 0 Å². The normalized spacial score (nSPS) is 11.8. The minimum Gasteiger partial charge on any atom is -0.478 e. The fraction of sp³-hybridized carbons (Fsp3) is 0.231. The van der Waals surface area contributed by atoms with Crippen LogP contribution in [0.4, 0.5) is 13.2 Å². The van der Waals surface area contributed by atoms with Crippen LogP contribution in [0.15, 0.2) is 18.3 Å². The van der Waals surface area contributed by atoms with Crippen molar-refractivity contribution in [3.05, 3.63) is 40.6 Å². The molecule has 0 spiro atoms. The van der Waals surface area contributed by atoms with Crippen molar-refractivity contribution in [2.45, 2.75) is 20.0 Å². The highest BCUT2D eigenvalue weighted by molar-refractivity contribution is 5.98. The van der Waals surface area contributed by atoms with Crippen molar-refractivity contribution < 1.29 is 23.1 Å². The van der Waals surface area contributed by atoms with E-state index >= 15 is 0 Å². The van der Waals surface area contributed by atoms with Crippen molar-refractivity contribution in [2.75, 3.05) is 0 Å². The summed E-state index contributed by atoms with van der Waals surface area (Å²) in [4.78, 5) is 14.8. The molecule has 0 atom stereocenters. The highest BCUT2D eigenvalue weighted by Crippen LogP contribution is 2.38. The van der Waals surface area contributed by atoms with E-state index in [0.717, 1.165) is 6.20 Å². The van der Waals surface area contributed by atoms with E-state index < -0.39 is 23.3 Å². The van der Waals surface area contributed by atoms with E-state index in [9.17, 15) is 18.0 Å². The van der Waals surface area contributed by atoms with Gasteiger partial charge in [-0.1, -0.05) is 12.1 Å². The Morgan fingerprint density at radius 3 is 2.32 bits per heavy atom. The Morgan fingerprint density at radius 2 is 1.79 bits per heavy atom. The monoisotopic (exact) mass is 269 g/mol. The Morgan fingerprint density at radius 1 is 1.21 bits per heavy atom. The number of benzene rings is 1. The SMILES string of the molecule is Cc1ccc(C)c2c(C(F)(F)F)c(C(=O)O)cnc12. The molecular formula is C13H10F3NO2. The molecule has 1 N–H and O–H groups in total. The largest absolute Gasteiger partial charge is 0.478 e. The zero-order valence-electron chi connectivity index (χ0n) is 10.2. The molecule has 6 heteroatoms. The molecule has 0 aliphatic carbocycles. The summed E-state index contributed by atoms with van der Waals surface area (Å²) in [6.07, 6.45) is -3.98. The number of fused-ring (bicyclic) bond motifs is 1. The molecule has 2 rings (SSSR count). The number of aromatic nitrogens is 1. The molecule has 0 fully saturated rings. The van der Waals surface area contributed by atoms with E-state index in [0.29, 0.717) is 11.1 Å². The van der Waals surface area contributed by atoms with Crippen LogP contribution in [-0.2, 0) is 6.18 Å². The Labute approximate surface area is 106 Å². The van der Waals surface area contributed by atoms with Gasteiger partial charge in [-0.3, -0.25) is 4.98 Å². The van der Waals surface area contributed by atoms with Crippen molar-refractivity contribution in [1.29, 1.82) is 0 Å². The van der Waals surface area contributed by atoms with Gasteiger partial charge in [-0.25, -0.2) is 4.79 Å². The summed E-state index contributed by atoms with van der Waals surface area (Å²) in [5.74, 6) is -1.64. The number of carboxylic acids is 1. The van der Waals surface area contributed by atoms with E-state index in [1.165, 1.54) is 13.0 Å². The molecule has 1 aromatic carbocycles. The predicted molar refractivity (Wildman–Crippen MR) is 63.2 cm³/mol. The molecule has 0 radical (unpaired) electrons. The number of nitrogens with zero attached hydrogens (tertiary/aromatic N) is 1. The lowest BCUT2D eigenvalue weighted by Crippen LogP contribution is -2.15. The topological polar surface area (TPSA) is 50.2 Å². The summed E-state index contributed by atoms with van der Waals surface area (Å²) in [7, 11) is 0. The molecule has 1 aromatic heterocycles. The second-order valence-electron chi connectivity index (χ2n) is 4.27. The number of rotatable bonds is 1. The summed E-state index contributed by atoms with van der Waals surface area (Å²) in [5, 5.41) is 8.76. The zero-order valence-corrected chi connectivity index (χ0v) is 10.2. The predicted octanol–water partition coefficient (Wildman–Crippen LogP) is 3.57. The van der Waals surface area contributed by atoms with Gasteiger partial charge in [-0.2, -0.15) is 13.2 Å². The number of pyridine rings is 1. The zero-order chi connectivity index (χ0) is 14.4. The minimum atomic E-state index is -4.74. The summed E-state index contributed by atoms with van der Waals surface area (Å²) in [5.41, 5.74) is -0.858. The molecule has 0 unspecified atom stereocenters. The average molecular weight is 269 g/mol. The van der Waals surface area contributed by atoms with Crippen molar-refractivity contribution >= 4 is 16.9 Å². The van der Waals surface area contributed by atoms with Crippen LogP contribution in [0.3, 0.4) is 0 Å². The minimum absolute atomic E-state index is 0.146. The van der Waals surface area contributed by atoms with E-state index in [2.05, 4.69) is 4.98 Å². The average Bonchev–Trinajstić information content (AvgIpc) is 2.31. The number of alkyl halides is 3. The lowest BCUT2D eigenvalue weighted by atomic mass is 9.97. The molecule has 0 saturated carbocycles. The van der Waals surface area contributed by atoms with Gasteiger partial charge in [0.25, 0.3) is 0 Å². The van der Waals surface area contributed by atoms with E-state index in [1.807, 2.05) is 0 Å². The lowest BCUT2D eigenvalue weighted by Gasteiger charge is -2.15. The van der Waals surface area contributed by atoms with E-state index in [-0.39, 0.29) is 10.9 Å². The van der Waals surface area contributed by atoms with Crippen LogP contribution in [0.2, 0.25) is 0 Å². The Bertz CT molecular complexity index is 678. The number of aryl methyl sites for hydroxylation is 2. The van der Waals surface area contributed by atoms with Gasteiger partial charge in [0.15, 0.2) is 0 Å². The third kappa shape index (κ3) is 2.14. The number of carbonyl (C=O) groups is 1. The smallest absolute Gasteiger partial charge is 0.417 e. The van der Waals surface area contributed by atoms with Crippen LogP contribution >= 0.6 is 0 Å². The fourth-order valence-corrected chi connectivity index (χ4v) is 2.06. The Hall–Kier alpha value is -2.11. The second-order valence-corrected chi connectivity index (χ2v) is 4.27. The number of hydrogen-bond donors (Lipinski definition) is 1. The first kappa shape index (κ1) is 13.3. The highest BCUT2D eigenvalue weighted by atomic mass is 19.4. The van der Waals surface area contributed by atoms with Crippen LogP contribution in [0.25, 0.3) is 10.9 Å². The van der Waals surface area contributed by atoms with Crippen LogP contribution in [0.1, 0.15) is 27.0 Å². The van der Waals surface area contributed by atoms with Crippen LogP contribution in [0.5, 0.6) is 0 Å². The van der Waals surface area contributed by atoms with Gasteiger partial charge in [0.05, 0.1) is 16.6 Å². The number of carboxylic acid groups (broad SMARTS) is 1. The van der Waals surface area contributed by atoms with Gasteiger partial charge in [0.1, 0.15) is 0 Å². The van der Waals surface area contributed by atoms with Gasteiger partial charge in [0, 0.05) is 11.6 Å². The quantitative estimate of drug-likeness (QED) is 0.861. The van der Waals surface area contributed by atoms with E-state index in [4.69, 9.17) is 5.11 Å². The van der Waals surface area contributed by atoms with Gasteiger partial charge >= 0.3 is 12.1 Å². The standard InChI is InChI=1S/C13H10F3NO2/c1-6-3-4-7(2)11-9(6)10(13(14,15)16)8(5-17-11)12(18)19/h3-5H,1-2H3,(H,18,19). The first-order chi connectivity index (χ1) is 8.73. The molecule has 0 aliphatic rings. The molecule has 0 bridgehead atoms. The third-order valence-corrected chi connectivity index (χ3v) is 2.94. The lowest BCUT2D eigenvalue weighted by molar-refractivity contribution is -0.136. The Kier molecular flexibility index (Phi) is 2.96. The molecule has 100 valence electrons. The maximum absolute atomic E-state index is 13.2. The Balaban J connectivity index is 3.04. The van der Waals surface area contributed by atoms with Crippen LogP contribution in [0, 0.1) is 13.8 Å². The number of hydrogen-bond acceptors (Lipinski definition) is 2. The molecule has 2 aromatic rings. The van der Waals surface area contributed by atoms with Crippen molar-refractivity contribution in [1.82, 2.24) is 4.98 Å². The summed E-state index contributed by atoms with van der Waals surface area (Å²) >= 11 is 0. The highest BCUT2D eigenvalue weighted by Gasteiger charge is 2.38. The van der Waals surface area contributed by atoms with Crippen LogP contribution < -0.4 is 0 Å². The van der Waals surface area contributed by atoms with Gasteiger partial charge in [-0.05, 0) is 25.0 Å². The molecule has 0 amide bonds. The number of aromatic carboxylic acids is 1. The summed E-state index contributed by atoms with van der Waals surface area (Å²) in [6.45, 7) is 3.14. The maximum Gasteiger partial charge on any atom is 0.417 e. The third-order valence-electron chi connectivity index (χ3n) is 2.94. The maximum atomic E-state index is 13.2. The van der Waals surface area contributed by atoms with Gasteiger partial charge in [-0.15, -0.1) is 0 Å². The van der Waals surface area contributed by atoms with Crippen molar-refractivity contribution in [2.24, 2.45) is 0 Å². The molecular weight excluding hydrogens is 259 g/mol. The first-order valence-electron chi connectivity index (χ1n) is 5.43. The summed E-state index contributed by atoms with van der Waals surface area (Å²) < 4.78 is 39.5. The van der Waals surface area contributed by atoms with Crippen LogP contribution in [-0.4, -0.2) is 16.1 Å².